The van der Waals surface area contributed by atoms with Gasteiger partial charge in [-0.05, 0) is 24.2 Å². The van der Waals surface area contributed by atoms with E-state index in [0.29, 0.717) is 17.9 Å². The molecular formula is C15H29NO2. The Hall–Kier alpha value is -0.570. The largest absolute Gasteiger partial charge is 0.468 e. The Bertz CT molecular complexity index is 267. The van der Waals surface area contributed by atoms with E-state index in [0.717, 1.165) is 12.3 Å². The molecule has 0 saturated heterocycles. The first-order chi connectivity index (χ1) is 8.51. The molecule has 5 atom stereocenters. The zero-order valence-corrected chi connectivity index (χ0v) is 12.5. The fraction of sp³-hybridized carbons (Fsp3) is 0.933. The first-order valence-corrected chi connectivity index (χ1v) is 7.35. The van der Waals surface area contributed by atoms with Crippen LogP contribution < -0.4 is 5.32 Å². The lowest BCUT2D eigenvalue weighted by atomic mass is 9.77. The molecule has 0 aromatic rings. The molecule has 0 aromatic heterocycles. The minimum atomic E-state index is -0.155. The van der Waals surface area contributed by atoms with Crippen LogP contribution in [0, 0.1) is 17.8 Å². The van der Waals surface area contributed by atoms with Gasteiger partial charge in [0.2, 0.25) is 0 Å². The number of nitrogens with one attached hydrogen (secondary N) is 1. The molecule has 1 aliphatic carbocycles. The van der Waals surface area contributed by atoms with E-state index < -0.39 is 0 Å². The smallest absolute Gasteiger partial charge is 0.323 e. The molecule has 1 rings (SSSR count). The number of esters is 1. The van der Waals surface area contributed by atoms with Gasteiger partial charge in [0.05, 0.1) is 7.11 Å². The van der Waals surface area contributed by atoms with Crippen LogP contribution >= 0.6 is 0 Å². The first kappa shape index (κ1) is 15.5. The minimum Gasteiger partial charge on any atom is -0.468 e. The van der Waals surface area contributed by atoms with Crippen LogP contribution in [0.3, 0.4) is 0 Å². The number of hydrogen-bond donors (Lipinski definition) is 1. The van der Waals surface area contributed by atoms with Gasteiger partial charge in [-0.3, -0.25) is 4.79 Å². The van der Waals surface area contributed by atoms with Crippen LogP contribution in [0.5, 0.6) is 0 Å². The zero-order valence-electron chi connectivity index (χ0n) is 12.5. The second-order valence-electron chi connectivity index (χ2n) is 5.93. The number of ether oxygens (including phenoxy) is 1. The topological polar surface area (TPSA) is 38.3 Å². The van der Waals surface area contributed by atoms with Gasteiger partial charge in [0.25, 0.3) is 0 Å². The summed E-state index contributed by atoms with van der Waals surface area (Å²) in [6.45, 7) is 8.85. The Kier molecular flexibility index (Phi) is 6.13. The standard InChI is InChI=1S/C15H29NO2/c1-6-10(2)14(15(17)18-5)16-13-9-7-8-11(3)12(13)4/h10-14,16H,6-9H2,1-5H3. The molecule has 5 unspecified atom stereocenters. The van der Waals surface area contributed by atoms with Crippen molar-refractivity contribution in [3.63, 3.8) is 0 Å². The summed E-state index contributed by atoms with van der Waals surface area (Å²) < 4.78 is 4.94. The predicted octanol–water partition coefficient (Wildman–Crippen LogP) is 2.99. The van der Waals surface area contributed by atoms with Gasteiger partial charge in [-0.25, -0.2) is 0 Å². The van der Waals surface area contributed by atoms with Gasteiger partial charge in [-0.2, -0.15) is 0 Å². The molecule has 3 nitrogen and oxygen atoms in total. The highest BCUT2D eigenvalue weighted by atomic mass is 16.5. The number of hydrogen-bond acceptors (Lipinski definition) is 3. The molecule has 1 fully saturated rings. The Labute approximate surface area is 112 Å². The lowest BCUT2D eigenvalue weighted by Gasteiger charge is -2.37. The average molecular weight is 255 g/mol. The minimum absolute atomic E-state index is 0.116. The Morgan fingerprint density at radius 2 is 2.06 bits per heavy atom. The quantitative estimate of drug-likeness (QED) is 0.768. The van der Waals surface area contributed by atoms with Crippen molar-refractivity contribution in [2.24, 2.45) is 17.8 Å². The highest BCUT2D eigenvalue weighted by Gasteiger charge is 2.33. The van der Waals surface area contributed by atoms with Crippen LogP contribution in [0.25, 0.3) is 0 Å². The molecule has 0 spiro atoms. The Morgan fingerprint density at radius 1 is 1.39 bits per heavy atom. The third kappa shape index (κ3) is 3.71. The summed E-state index contributed by atoms with van der Waals surface area (Å²) in [6.07, 6.45) is 4.74. The maximum Gasteiger partial charge on any atom is 0.323 e. The fourth-order valence-corrected chi connectivity index (χ4v) is 2.88. The maximum atomic E-state index is 11.9. The molecule has 1 N–H and O–H groups in total. The van der Waals surface area contributed by atoms with Crippen LogP contribution in [-0.4, -0.2) is 25.2 Å². The summed E-state index contributed by atoms with van der Waals surface area (Å²) >= 11 is 0. The van der Waals surface area contributed by atoms with Crippen LogP contribution in [-0.2, 0) is 9.53 Å². The number of carbonyl (C=O) groups is 1. The van der Waals surface area contributed by atoms with Gasteiger partial charge in [0.15, 0.2) is 0 Å². The first-order valence-electron chi connectivity index (χ1n) is 7.35. The zero-order chi connectivity index (χ0) is 13.7. The second kappa shape index (κ2) is 7.13. The molecular weight excluding hydrogens is 226 g/mol. The summed E-state index contributed by atoms with van der Waals surface area (Å²) in [4.78, 5) is 11.9. The van der Waals surface area contributed by atoms with E-state index in [4.69, 9.17) is 4.74 Å². The molecule has 0 aliphatic heterocycles. The summed E-state index contributed by atoms with van der Waals surface area (Å²) in [6, 6.07) is 0.296. The normalized spacial score (nSPS) is 31.7. The van der Waals surface area contributed by atoms with Crippen LogP contribution in [0.4, 0.5) is 0 Å². The molecule has 0 amide bonds. The molecule has 18 heavy (non-hydrogen) atoms. The van der Waals surface area contributed by atoms with E-state index in [1.165, 1.54) is 26.4 Å². The van der Waals surface area contributed by atoms with Gasteiger partial charge in [0, 0.05) is 6.04 Å². The van der Waals surface area contributed by atoms with Crippen LogP contribution in [0.15, 0.2) is 0 Å². The van der Waals surface area contributed by atoms with E-state index in [1.807, 2.05) is 0 Å². The Balaban J connectivity index is 2.67. The van der Waals surface area contributed by atoms with Crippen LogP contribution in [0.1, 0.15) is 53.4 Å². The second-order valence-corrected chi connectivity index (χ2v) is 5.93. The predicted molar refractivity (Wildman–Crippen MR) is 74.4 cm³/mol. The molecule has 106 valence electrons. The van der Waals surface area contributed by atoms with Crippen molar-refractivity contribution in [1.29, 1.82) is 0 Å². The van der Waals surface area contributed by atoms with Gasteiger partial charge < -0.3 is 10.1 Å². The van der Waals surface area contributed by atoms with Crippen molar-refractivity contribution < 1.29 is 9.53 Å². The highest BCUT2D eigenvalue weighted by Crippen LogP contribution is 2.30. The van der Waals surface area contributed by atoms with Crippen molar-refractivity contribution in [2.75, 3.05) is 7.11 Å². The Morgan fingerprint density at radius 3 is 2.61 bits per heavy atom. The summed E-state index contributed by atoms with van der Waals surface area (Å²) in [5.41, 5.74) is 0. The SMILES string of the molecule is CCC(C)C(NC1CCCC(C)C1C)C(=O)OC. The van der Waals surface area contributed by atoms with Crippen molar-refractivity contribution in [2.45, 2.75) is 65.5 Å². The van der Waals surface area contributed by atoms with E-state index >= 15 is 0 Å². The maximum absolute atomic E-state index is 11.9. The molecule has 3 heteroatoms. The summed E-state index contributed by atoms with van der Waals surface area (Å²) in [5.74, 6) is 1.58. The summed E-state index contributed by atoms with van der Waals surface area (Å²) in [7, 11) is 1.48. The van der Waals surface area contributed by atoms with E-state index in [1.54, 1.807) is 0 Å². The van der Waals surface area contributed by atoms with E-state index in [9.17, 15) is 4.79 Å². The third-order valence-corrected chi connectivity index (χ3v) is 4.77. The van der Waals surface area contributed by atoms with Gasteiger partial charge in [-0.15, -0.1) is 0 Å². The molecule has 0 aromatic carbocycles. The lowest BCUT2D eigenvalue weighted by Crippen LogP contribution is -2.51. The van der Waals surface area contributed by atoms with Crippen molar-refractivity contribution in [1.82, 2.24) is 5.32 Å². The molecule has 1 aliphatic rings. The lowest BCUT2D eigenvalue weighted by molar-refractivity contribution is -0.145. The van der Waals surface area contributed by atoms with E-state index in [-0.39, 0.29) is 12.0 Å². The van der Waals surface area contributed by atoms with E-state index in [2.05, 4.69) is 33.0 Å². The monoisotopic (exact) mass is 255 g/mol. The van der Waals surface area contributed by atoms with Gasteiger partial charge >= 0.3 is 5.97 Å². The molecule has 0 heterocycles. The third-order valence-electron chi connectivity index (χ3n) is 4.77. The average Bonchev–Trinajstić information content (AvgIpc) is 2.38. The number of rotatable bonds is 5. The molecule has 0 bridgehead atoms. The fourth-order valence-electron chi connectivity index (χ4n) is 2.88. The van der Waals surface area contributed by atoms with Gasteiger partial charge in [0.1, 0.15) is 6.04 Å². The van der Waals surface area contributed by atoms with Gasteiger partial charge in [-0.1, -0.05) is 47.0 Å². The van der Waals surface area contributed by atoms with Crippen molar-refractivity contribution >= 4 is 5.97 Å². The number of methoxy groups -OCH3 is 1. The molecule has 0 radical (unpaired) electrons. The highest BCUT2D eigenvalue weighted by molar-refractivity contribution is 5.76. The summed E-state index contributed by atoms with van der Waals surface area (Å²) in [5, 5.41) is 3.56. The van der Waals surface area contributed by atoms with Crippen molar-refractivity contribution in [3.05, 3.63) is 0 Å². The van der Waals surface area contributed by atoms with Crippen LogP contribution in [0.2, 0.25) is 0 Å². The van der Waals surface area contributed by atoms with Crippen molar-refractivity contribution in [3.8, 4) is 0 Å². The number of carbonyl (C=O) groups excluding carboxylic acids is 1. The molecule has 1 saturated carbocycles.